The van der Waals surface area contributed by atoms with Crippen molar-refractivity contribution in [1.29, 1.82) is 0 Å². The molecule has 4 unspecified atom stereocenters. The number of nitrogens with one attached hydrogen (secondary N) is 2. The quantitative estimate of drug-likeness (QED) is 0.584. The number of halogens is 2. The fourth-order valence-electron chi connectivity index (χ4n) is 4.17. The van der Waals surface area contributed by atoms with E-state index < -0.39 is 0 Å². The molecule has 2 nitrogen and oxygen atoms in total. The SMILES string of the molecule is [Cl-].[Cl-].c1ccc(CNC2CCC3SC2CCC3NCc2ccccc2)cc1. The molecule has 0 aromatic heterocycles. The first-order valence-corrected chi connectivity index (χ1v) is 10.5. The first-order valence-electron chi connectivity index (χ1n) is 9.58. The zero-order valence-corrected chi connectivity index (χ0v) is 17.8. The Morgan fingerprint density at radius 3 is 1.44 bits per heavy atom. The van der Waals surface area contributed by atoms with Crippen LogP contribution in [-0.4, -0.2) is 22.6 Å². The van der Waals surface area contributed by atoms with Gasteiger partial charge in [0.15, 0.2) is 0 Å². The maximum absolute atomic E-state index is 3.82. The van der Waals surface area contributed by atoms with Crippen LogP contribution in [0.5, 0.6) is 0 Å². The van der Waals surface area contributed by atoms with Crippen LogP contribution < -0.4 is 35.4 Å². The molecule has 2 aromatic carbocycles. The summed E-state index contributed by atoms with van der Waals surface area (Å²) in [5.74, 6) is 0. The van der Waals surface area contributed by atoms with Crippen molar-refractivity contribution in [2.75, 3.05) is 0 Å². The molecule has 4 rings (SSSR count). The molecule has 0 saturated carbocycles. The van der Waals surface area contributed by atoms with Crippen LogP contribution in [0.3, 0.4) is 0 Å². The third kappa shape index (κ3) is 6.13. The molecule has 0 aliphatic carbocycles. The molecule has 2 bridgehead atoms. The van der Waals surface area contributed by atoms with Crippen LogP contribution in [0.1, 0.15) is 36.8 Å². The van der Waals surface area contributed by atoms with E-state index in [0.717, 1.165) is 23.6 Å². The van der Waals surface area contributed by atoms with Crippen molar-refractivity contribution in [2.24, 2.45) is 0 Å². The van der Waals surface area contributed by atoms with Crippen molar-refractivity contribution in [3.63, 3.8) is 0 Å². The molecule has 2 saturated heterocycles. The van der Waals surface area contributed by atoms with Crippen LogP contribution in [0, 0.1) is 0 Å². The maximum Gasteiger partial charge on any atom is 0.0208 e. The molecular weight excluding hydrogens is 395 g/mol. The molecule has 4 atom stereocenters. The zero-order chi connectivity index (χ0) is 16.9. The second kappa shape index (κ2) is 11.3. The lowest BCUT2D eigenvalue weighted by Gasteiger charge is -2.44. The van der Waals surface area contributed by atoms with Gasteiger partial charge >= 0.3 is 0 Å². The molecule has 5 heteroatoms. The topological polar surface area (TPSA) is 24.1 Å². The predicted molar refractivity (Wildman–Crippen MR) is 108 cm³/mol. The summed E-state index contributed by atoms with van der Waals surface area (Å²) in [4.78, 5) is 0. The van der Waals surface area contributed by atoms with E-state index in [9.17, 15) is 0 Å². The van der Waals surface area contributed by atoms with Gasteiger partial charge in [-0.2, -0.15) is 11.8 Å². The lowest BCUT2D eigenvalue weighted by molar-refractivity contribution is -0.00100. The van der Waals surface area contributed by atoms with Crippen LogP contribution in [0.15, 0.2) is 60.7 Å². The fourth-order valence-corrected chi connectivity index (χ4v) is 6.01. The molecule has 2 aliphatic rings. The van der Waals surface area contributed by atoms with Crippen molar-refractivity contribution < 1.29 is 24.8 Å². The third-order valence-electron chi connectivity index (χ3n) is 5.59. The number of benzene rings is 2. The smallest absolute Gasteiger partial charge is 0.0208 e. The fraction of sp³-hybridized carbons (Fsp3) is 0.455. The summed E-state index contributed by atoms with van der Waals surface area (Å²) in [5.41, 5.74) is 2.79. The molecule has 2 N–H and O–H groups in total. The van der Waals surface area contributed by atoms with Crippen LogP contribution in [0.2, 0.25) is 0 Å². The van der Waals surface area contributed by atoms with Gasteiger partial charge in [0.05, 0.1) is 0 Å². The zero-order valence-electron chi connectivity index (χ0n) is 15.5. The van der Waals surface area contributed by atoms with Crippen LogP contribution >= 0.6 is 11.8 Å². The van der Waals surface area contributed by atoms with E-state index in [1.54, 1.807) is 0 Å². The van der Waals surface area contributed by atoms with E-state index in [1.807, 2.05) is 0 Å². The van der Waals surface area contributed by atoms with Gasteiger partial charge in [0.25, 0.3) is 0 Å². The minimum absolute atomic E-state index is 0. The highest BCUT2D eigenvalue weighted by Crippen LogP contribution is 2.41. The highest BCUT2D eigenvalue weighted by atomic mass is 35.5. The van der Waals surface area contributed by atoms with Crippen LogP contribution in [0.25, 0.3) is 0 Å². The molecule has 2 aliphatic heterocycles. The summed E-state index contributed by atoms with van der Waals surface area (Å²) in [7, 11) is 0. The van der Waals surface area contributed by atoms with E-state index in [4.69, 9.17) is 0 Å². The Balaban J connectivity index is 0.00000131. The van der Waals surface area contributed by atoms with E-state index in [2.05, 4.69) is 83.1 Å². The van der Waals surface area contributed by atoms with Gasteiger partial charge in [0.1, 0.15) is 0 Å². The van der Waals surface area contributed by atoms with E-state index in [0.29, 0.717) is 12.1 Å². The summed E-state index contributed by atoms with van der Waals surface area (Å²) < 4.78 is 0. The van der Waals surface area contributed by atoms with Crippen molar-refractivity contribution in [3.05, 3.63) is 71.8 Å². The second-order valence-electron chi connectivity index (χ2n) is 7.31. The lowest BCUT2D eigenvalue weighted by Crippen LogP contribution is -3.00. The Morgan fingerprint density at radius 1 is 0.630 bits per heavy atom. The van der Waals surface area contributed by atoms with Gasteiger partial charge in [-0.1, -0.05) is 60.7 Å². The largest absolute Gasteiger partial charge is 1.00 e. The van der Waals surface area contributed by atoms with Crippen molar-refractivity contribution in [1.82, 2.24) is 10.6 Å². The van der Waals surface area contributed by atoms with Crippen molar-refractivity contribution in [3.8, 4) is 0 Å². The average Bonchev–Trinajstić information content (AvgIpc) is 2.68. The molecule has 27 heavy (non-hydrogen) atoms. The predicted octanol–water partition coefficient (Wildman–Crippen LogP) is -1.63. The molecular formula is C22H28Cl2N2S-2. The third-order valence-corrected chi connectivity index (χ3v) is 7.42. The minimum Gasteiger partial charge on any atom is -1.00 e. The van der Waals surface area contributed by atoms with E-state index >= 15 is 0 Å². The van der Waals surface area contributed by atoms with Gasteiger partial charge < -0.3 is 35.4 Å². The van der Waals surface area contributed by atoms with Crippen LogP contribution in [0.4, 0.5) is 0 Å². The minimum atomic E-state index is 0. The first-order chi connectivity index (χ1) is 12.4. The van der Waals surface area contributed by atoms with E-state index in [-0.39, 0.29) is 24.8 Å². The Bertz CT molecular complexity index is 598. The van der Waals surface area contributed by atoms with Crippen LogP contribution in [-0.2, 0) is 13.1 Å². The Labute approximate surface area is 180 Å². The van der Waals surface area contributed by atoms with Gasteiger partial charge in [0, 0.05) is 35.7 Å². The highest BCUT2D eigenvalue weighted by molar-refractivity contribution is 8.00. The highest BCUT2D eigenvalue weighted by Gasteiger charge is 2.38. The standard InChI is InChI=1S/C22H28N2S.2ClH/c1-3-7-17(8-4-1)15-23-19-11-13-22-20(12-14-21(19)25-22)24-16-18-9-5-2-6-10-18;;/h1-10,19-24H,11-16H2;2*1H/p-2. The van der Waals surface area contributed by atoms with Gasteiger partial charge in [-0.15, -0.1) is 0 Å². The van der Waals surface area contributed by atoms with Gasteiger partial charge in [-0.3, -0.25) is 0 Å². The summed E-state index contributed by atoms with van der Waals surface area (Å²) in [6, 6.07) is 22.9. The Morgan fingerprint density at radius 2 is 1.04 bits per heavy atom. The van der Waals surface area contributed by atoms with Gasteiger partial charge in [0.2, 0.25) is 0 Å². The molecule has 0 radical (unpaired) electrons. The normalized spacial score (nSPS) is 26.5. The lowest BCUT2D eigenvalue weighted by atomic mass is 9.91. The molecule has 0 spiro atoms. The van der Waals surface area contributed by atoms with Crippen molar-refractivity contribution >= 4 is 11.8 Å². The molecule has 2 aromatic rings. The van der Waals surface area contributed by atoms with Gasteiger partial charge in [-0.25, -0.2) is 0 Å². The number of fused-ring (bicyclic) bond motifs is 2. The molecule has 0 amide bonds. The number of hydrogen-bond donors (Lipinski definition) is 2. The Hall–Kier alpha value is -0.710. The number of thioether (sulfide) groups is 1. The van der Waals surface area contributed by atoms with Gasteiger partial charge in [-0.05, 0) is 36.8 Å². The summed E-state index contributed by atoms with van der Waals surface area (Å²) in [6.07, 6.45) is 5.30. The number of rotatable bonds is 6. The number of hydrogen-bond acceptors (Lipinski definition) is 3. The summed E-state index contributed by atoms with van der Waals surface area (Å²) in [5, 5.41) is 9.23. The first kappa shape index (κ1) is 22.6. The summed E-state index contributed by atoms with van der Waals surface area (Å²) >= 11 is 2.23. The monoisotopic (exact) mass is 422 g/mol. The average molecular weight is 423 g/mol. The summed E-state index contributed by atoms with van der Waals surface area (Å²) in [6.45, 7) is 2.01. The second-order valence-corrected chi connectivity index (χ2v) is 8.80. The molecule has 2 heterocycles. The van der Waals surface area contributed by atoms with E-state index in [1.165, 1.54) is 36.8 Å². The Kier molecular flexibility index (Phi) is 9.47. The van der Waals surface area contributed by atoms with Crippen molar-refractivity contribution in [2.45, 2.75) is 61.4 Å². The molecule has 2 fully saturated rings. The molecule has 148 valence electrons. The maximum atomic E-state index is 3.82.